The second kappa shape index (κ2) is 15.1. The molecule has 0 saturated heterocycles. The zero-order chi connectivity index (χ0) is 57.0. The number of hydrogen-bond acceptors (Lipinski definition) is 0. The predicted molar refractivity (Wildman–Crippen MR) is 109 cm³/mol. The van der Waals surface area contributed by atoms with E-state index in [1.807, 2.05) is 0 Å². The Balaban J connectivity index is 8.27. The van der Waals surface area contributed by atoms with E-state index in [4.69, 9.17) is 0 Å². The molecular weight excluding hydrogens is 1140 g/mol. The van der Waals surface area contributed by atoms with E-state index in [1.54, 1.807) is 0 Å². The molecule has 0 atom stereocenters. The van der Waals surface area contributed by atoms with Gasteiger partial charge in [-0.2, -0.15) is 154 Å². The summed E-state index contributed by atoms with van der Waals surface area (Å²) in [7, 11) is 0. The van der Waals surface area contributed by atoms with Gasteiger partial charge in [0.25, 0.3) is 0 Å². The Kier molecular flexibility index (Phi) is 14.4. The van der Waals surface area contributed by atoms with Crippen molar-refractivity contribution in [1.82, 2.24) is 0 Å². The minimum absolute atomic E-state index is 8.59. The van der Waals surface area contributed by atoms with Crippen molar-refractivity contribution in [3.8, 4) is 0 Å². The van der Waals surface area contributed by atoms with E-state index < -0.39 is 130 Å². The lowest BCUT2D eigenvalue weighted by atomic mass is 9.82. The lowest BCUT2D eigenvalue weighted by molar-refractivity contribution is -1.22. The molecule has 0 aromatic heterocycles. The van der Waals surface area contributed by atoms with Crippen LogP contribution in [0.4, 0.5) is 202 Å². The Morgan fingerprint density at radius 3 is 0.338 bits per heavy atom. The molecule has 0 aliphatic heterocycles. The van der Waals surface area contributed by atoms with Crippen LogP contribution in [-0.2, 0) is 0 Å². The Morgan fingerprint density at radius 2 is 0.235 bits per heavy atom. The van der Waals surface area contributed by atoms with Crippen LogP contribution in [0.5, 0.6) is 0 Å². The van der Waals surface area contributed by atoms with Crippen molar-refractivity contribution < 1.29 is 206 Å². The molecule has 0 heterocycles. The first-order valence-corrected chi connectivity index (χ1v) is 13.8. The van der Waals surface area contributed by atoms with Crippen molar-refractivity contribution in [2.75, 3.05) is 0 Å². The fourth-order valence-electron chi connectivity index (χ4n) is 4.25. The summed E-state index contributed by atoms with van der Waals surface area (Å²) in [5.41, 5.74) is 0. The van der Waals surface area contributed by atoms with Gasteiger partial charge in [-0.1, -0.05) is 0 Å². The van der Waals surface area contributed by atoms with E-state index in [9.17, 15) is 202 Å². The molecule has 47 heteroatoms. The second-order valence-electron chi connectivity index (χ2n) is 12.3. The van der Waals surface area contributed by atoms with Crippen molar-refractivity contribution in [3.63, 3.8) is 0 Å². The standard InChI is InChI=1S/C21F46N/c22-1(23,3(26,27)5(30,31)7(34,35)9(38,39)11(42,43)13(46,47)15(50,51)17(54,55)56)2(24,25)4(28,29)6(32,33)8(36,37)10(40,41)12(44,45)14(48,49)16(52,53)18(57,58)68(19(59,60)61,20(62,63)64)21(65,66)67/q+1. The van der Waals surface area contributed by atoms with Gasteiger partial charge in [0.2, 0.25) is 0 Å². The van der Waals surface area contributed by atoms with E-state index in [0.717, 1.165) is 0 Å². The SMILES string of the molecule is FC(F)(F)C(F)(F)C(F)(F)C(F)(F)C(F)(F)C(F)(F)C(F)(F)C(F)(F)C(F)(F)C(F)(F)C(F)(F)C(F)(F)C(F)(F)C(F)(F)C(F)(F)C(F)(F)C(F)(F)C(F)(F)[N+](C(F)(F)F)(C(F)(F)F)C(F)(F)F. The number of alkyl halides is 46. The van der Waals surface area contributed by atoms with Gasteiger partial charge in [0.15, 0.2) is 0 Å². The van der Waals surface area contributed by atoms with Crippen LogP contribution in [0.25, 0.3) is 0 Å². The van der Waals surface area contributed by atoms with E-state index >= 15 is 0 Å². The predicted octanol–water partition coefficient (Wildman–Crippen LogP) is 14.7. The molecule has 0 radical (unpaired) electrons. The molecule has 1 nitrogen and oxygen atoms in total. The summed E-state index contributed by atoms with van der Waals surface area (Å²) < 4.78 is 612. The van der Waals surface area contributed by atoms with Gasteiger partial charge >= 0.3 is 126 Å². The van der Waals surface area contributed by atoms with Crippen LogP contribution in [0, 0.1) is 0 Å². The zero-order valence-corrected chi connectivity index (χ0v) is 28.3. The van der Waals surface area contributed by atoms with Crippen molar-refractivity contribution >= 4 is 0 Å². The molecule has 0 amide bonds. The van der Waals surface area contributed by atoms with Gasteiger partial charge in [0, 0.05) is 4.48 Å². The van der Waals surface area contributed by atoms with Gasteiger partial charge in [-0.25, -0.2) is 0 Å². The molecule has 0 spiro atoms. The molecule has 0 saturated carbocycles. The third-order valence-electron chi connectivity index (χ3n) is 8.21. The first kappa shape index (κ1) is 64.7. The highest BCUT2D eigenvalue weighted by atomic mass is 19.5. The molecule has 0 rings (SSSR count). The van der Waals surface area contributed by atoms with E-state index in [0.29, 0.717) is 0 Å². The van der Waals surface area contributed by atoms with Crippen LogP contribution in [-0.4, -0.2) is 130 Å². The van der Waals surface area contributed by atoms with Gasteiger partial charge in [-0.15, -0.1) is 48.3 Å². The number of nitrogens with zero attached hydrogens (tertiary/aromatic N) is 1. The van der Waals surface area contributed by atoms with Gasteiger partial charge < -0.3 is 0 Å². The molecule has 0 bridgehead atoms. The largest absolute Gasteiger partial charge is 0.581 e. The third-order valence-corrected chi connectivity index (χ3v) is 8.21. The quantitative estimate of drug-likeness (QED) is 0.0774. The highest BCUT2D eigenvalue weighted by Crippen LogP contribution is 2.72. The smallest absolute Gasteiger partial charge is 0.192 e. The molecule has 0 aromatic rings. The molecule has 0 aromatic carbocycles. The van der Waals surface area contributed by atoms with E-state index in [2.05, 4.69) is 0 Å². The number of quaternary nitrogens is 1. The maximum atomic E-state index is 14.0. The van der Waals surface area contributed by atoms with Crippen LogP contribution in [0.15, 0.2) is 0 Å². The fourth-order valence-corrected chi connectivity index (χ4v) is 4.25. The number of halogens is 46. The summed E-state index contributed by atoms with van der Waals surface area (Å²) in [6.45, 7) is 0. The molecular formula is C21F46N+. The molecule has 0 aliphatic rings. The van der Waals surface area contributed by atoms with Gasteiger partial charge in [-0.3, -0.25) is 0 Å². The topological polar surface area (TPSA) is 0 Å². The van der Waals surface area contributed by atoms with Crippen molar-refractivity contribution in [1.29, 1.82) is 0 Å². The van der Waals surface area contributed by atoms with E-state index in [-0.39, 0.29) is 0 Å². The summed E-state index contributed by atoms with van der Waals surface area (Å²) in [6, 6.07) is -10.6. The van der Waals surface area contributed by atoms with Gasteiger partial charge in [0.1, 0.15) is 0 Å². The fraction of sp³-hybridized carbons (Fsp3) is 1.00. The van der Waals surface area contributed by atoms with Crippen LogP contribution in [0.2, 0.25) is 0 Å². The maximum absolute atomic E-state index is 14.0. The monoisotopic (exact) mass is 1140 g/mol. The Labute approximate surface area is 334 Å². The first-order valence-electron chi connectivity index (χ1n) is 13.8. The van der Waals surface area contributed by atoms with Crippen molar-refractivity contribution in [2.45, 2.75) is 126 Å². The average molecular weight is 1140 g/mol. The maximum Gasteiger partial charge on any atom is 0.581 e. The number of rotatable bonds is 17. The highest BCUT2D eigenvalue weighted by molar-refractivity contribution is 5.23. The van der Waals surface area contributed by atoms with Gasteiger partial charge in [-0.05, 0) is 0 Å². The summed E-state index contributed by atoms with van der Waals surface area (Å²) in [6.07, 6.45) is -37.5. The van der Waals surface area contributed by atoms with Crippen LogP contribution < -0.4 is 0 Å². The van der Waals surface area contributed by atoms with Crippen LogP contribution in [0.3, 0.4) is 0 Å². The minimum atomic E-state index is -10.9. The van der Waals surface area contributed by atoms with Crippen molar-refractivity contribution in [3.05, 3.63) is 0 Å². The average Bonchev–Trinajstić information content (AvgIpc) is 3.04. The van der Waals surface area contributed by atoms with Gasteiger partial charge in [0.05, 0.1) is 0 Å². The normalized spacial score (nSPS) is 17.6. The summed E-state index contributed by atoms with van der Waals surface area (Å²) in [4.78, 5) is 0. The molecule has 0 aliphatic carbocycles. The third kappa shape index (κ3) is 6.93. The summed E-state index contributed by atoms with van der Waals surface area (Å²) in [5.74, 6) is -168. The second-order valence-corrected chi connectivity index (χ2v) is 12.3. The van der Waals surface area contributed by atoms with Crippen LogP contribution >= 0.6 is 0 Å². The summed E-state index contributed by atoms with van der Waals surface area (Å²) in [5, 5.41) is 0. The Hall–Kier alpha value is -3.26. The molecule has 0 N–H and O–H groups in total. The molecule has 410 valence electrons. The van der Waals surface area contributed by atoms with E-state index in [1.165, 1.54) is 0 Å². The summed E-state index contributed by atoms with van der Waals surface area (Å²) >= 11 is 0. The Bertz CT molecular complexity index is 1780. The van der Waals surface area contributed by atoms with Crippen molar-refractivity contribution in [2.24, 2.45) is 0 Å². The van der Waals surface area contributed by atoms with Crippen LogP contribution in [0.1, 0.15) is 0 Å². The highest BCUT2D eigenvalue weighted by Gasteiger charge is 3.06. The first-order chi connectivity index (χ1) is 28.2. The number of hydrogen-bond donors (Lipinski definition) is 0. The zero-order valence-electron chi connectivity index (χ0n) is 28.3. The Morgan fingerprint density at radius 1 is 0.132 bits per heavy atom. The lowest BCUT2D eigenvalue weighted by Gasteiger charge is -2.48. The lowest BCUT2D eigenvalue weighted by Crippen LogP contribution is -2.86. The minimum Gasteiger partial charge on any atom is -0.192 e. The molecule has 0 unspecified atom stereocenters. The molecule has 68 heavy (non-hydrogen) atoms. The molecule has 0 fully saturated rings.